The number of fused-ring (bicyclic) bond motifs is 4. The Morgan fingerprint density at radius 3 is 1.24 bits per heavy atom. The Kier molecular flexibility index (Phi) is 6.49. The molecule has 0 bridgehead atoms. The summed E-state index contributed by atoms with van der Waals surface area (Å²) in [6.45, 7) is 0. The van der Waals surface area contributed by atoms with Crippen molar-refractivity contribution in [1.29, 1.82) is 0 Å². The molecule has 4 N–H and O–H groups in total. The third-order valence-electron chi connectivity index (χ3n) is 8.92. The number of benzene rings is 5. The number of nitrogens with one attached hydrogen (secondary N) is 4. The van der Waals surface area contributed by atoms with E-state index in [2.05, 4.69) is 21.3 Å². The number of hydrogen-bond acceptors (Lipinski definition) is 8. The van der Waals surface area contributed by atoms with Crippen LogP contribution in [-0.4, -0.2) is 35.1 Å². The molecular formula is C40H24N6O4. The fraction of sp³-hybridized carbons (Fsp3) is 0. The number of aliphatic imine (C=N–C) groups is 2. The maximum Gasteiger partial charge on any atom is 0.261 e. The van der Waals surface area contributed by atoms with Gasteiger partial charge in [0.05, 0.1) is 22.8 Å². The summed E-state index contributed by atoms with van der Waals surface area (Å²) in [6, 6.07) is 36.1. The van der Waals surface area contributed by atoms with Crippen molar-refractivity contribution in [3.8, 4) is 0 Å². The van der Waals surface area contributed by atoms with Gasteiger partial charge in [-0.3, -0.25) is 19.2 Å². The topological polar surface area (TPSA) is 141 Å². The van der Waals surface area contributed by atoms with Gasteiger partial charge in [-0.05, 0) is 60.7 Å². The van der Waals surface area contributed by atoms with E-state index in [1.807, 2.05) is 66.7 Å². The van der Waals surface area contributed by atoms with Gasteiger partial charge in [-0.25, -0.2) is 9.98 Å². The lowest BCUT2D eigenvalue weighted by atomic mass is 9.89. The molecule has 4 aliphatic heterocycles. The Balaban J connectivity index is 1.28. The van der Waals surface area contributed by atoms with Crippen LogP contribution in [-0.2, 0) is 9.59 Å². The number of Topliss-reactive ketones (excluding diaryl/α,β-unsaturated/α-hetero) is 2. The van der Waals surface area contributed by atoms with E-state index in [9.17, 15) is 19.2 Å². The fourth-order valence-electron chi connectivity index (χ4n) is 6.59. The minimum atomic E-state index is -0.584. The summed E-state index contributed by atoms with van der Waals surface area (Å²) in [5.74, 6) is -1.27. The molecule has 4 aliphatic rings. The molecule has 0 radical (unpaired) electrons. The van der Waals surface area contributed by atoms with Gasteiger partial charge < -0.3 is 21.3 Å². The minimum Gasteiger partial charge on any atom is -0.340 e. The number of amides is 2. The van der Waals surface area contributed by atoms with Crippen LogP contribution in [0.3, 0.4) is 0 Å². The molecule has 9 rings (SSSR count). The van der Waals surface area contributed by atoms with Crippen LogP contribution in [0.4, 0.5) is 22.7 Å². The lowest BCUT2D eigenvalue weighted by Crippen LogP contribution is -2.28. The Labute approximate surface area is 285 Å². The van der Waals surface area contributed by atoms with Crippen molar-refractivity contribution in [3.05, 3.63) is 166 Å². The van der Waals surface area contributed by atoms with E-state index in [-0.39, 0.29) is 22.5 Å². The first-order chi connectivity index (χ1) is 24.4. The first-order valence-electron chi connectivity index (χ1n) is 15.8. The number of hydrogen-bond donors (Lipinski definition) is 4. The minimum absolute atomic E-state index is 0.120. The van der Waals surface area contributed by atoms with Crippen molar-refractivity contribution in [2.75, 3.05) is 21.3 Å². The zero-order valence-electron chi connectivity index (χ0n) is 26.1. The number of anilines is 4. The van der Waals surface area contributed by atoms with Gasteiger partial charge in [0.25, 0.3) is 11.8 Å². The highest BCUT2D eigenvalue weighted by atomic mass is 16.2. The summed E-state index contributed by atoms with van der Waals surface area (Å²) in [6.07, 6.45) is 0. The highest BCUT2D eigenvalue weighted by molar-refractivity contribution is 6.40. The van der Waals surface area contributed by atoms with Gasteiger partial charge in [-0.2, -0.15) is 0 Å². The van der Waals surface area contributed by atoms with Gasteiger partial charge in [-0.1, -0.05) is 60.7 Å². The first-order valence-corrected chi connectivity index (χ1v) is 15.8. The molecule has 0 spiro atoms. The Bertz CT molecular complexity index is 2330. The number of carbonyl (C=O) groups excluding carboxylic acids is 4. The van der Waals surface area contributed by atoms with E-state index in [4.69, 9.17) is 9.98 Å². The van der Waals surface area contributed by atoms with Crippen LogP contribution in [0.25, 0.3) is 11.4 Å². The molecule has 5 aromatic rings. The van der Waals surface area contributed by atoms with Crippen LogP contribution in [0.15, 0.2) is 142 Å². The molecule has 5 aromatic carbocycles. The van der Waals surface area contributed by atoms with E-state index < -0.39 is 23.4 Å². The molecule has 2 amide bonds. The molecule has 10 heteroatoms. The summed E-state index contributed by atoms with van der Waals surface area (Å²) >= 11 is 0. The average Bonchev–Trinajstić information content (AvgIpc) is 3.65. The molecule has 10 nitrogen and oxygen atoms in total. The summed E-state index contributed by atoms with van der Waals surface area (Å²) in [5.41, 5.74) is 5.27. The number of ketones is 2. The predicted molar refractivity (Wildman–Crippen MR) is 192 cm³/mol. The summed E-state index contributed by atoms with van der Waals surface area (Å²) in [7, 11) is 0. The second-order valence-corrected chi connectivity index (χ2v) is 12.0. The number of amidine groups is 2. The highest BCUT2D eigenvalue weighted by Crippen LogP contribution is 2.43. The average molecular weight is 653 g/mol. The zero-order valence-corrected chi connectivity index (χ0v) is 26.1. The molecule has 0 aliphatic carbocycles. The van der Waals surface area contributed by atoms with Crippen molar-refractivity contribution >= 4 is 69.2 Å². The molecule has 4 heterocycles. The van der Waals surface area contributed by atoms with Crippen LogP contribution in [0.2, 0.25) is 0 Å². The molecular weight excluding hydrogens is 628 g/mol. The van der Waals surface area contributed by atoms with Crippen LogP contribution in [0.1, 0.15) is 43.0 Å². The van der Waals surface area contributed by atoms with E-state index in [1.165, 1.54) is 0 Å². The Morgan fingerprint density at radius 1 is 0.420 bits per heavy atom. The van der Waals surface area contributed by atoms with E-state index in [1.54, 1.807) is 54.6 Å². The van der Waals surface area contributed by atoms with Crippen LogP contribution in [0.5, 0.6) is 0 Å². The van der Waals surface area contributed by atoms with Crippen LogP contribution < -0.4 is 21.3 Å². The Hall–Kier alpha value is -7.20. The number of carbonyl (C=O) groups is 4. The van der Waals surface area contributed by atoms with Gasteiger partial charge in [0.15, 0.2) is 0 Å². The van der Waals surface area contributed by atoms with Gasteiger partial charge in [-0.15, -0.1) is 0 Å². The maximum absolute atomic E-state index is 13.9. The largest absolute Gasteiger partial charge is 0.340 e. The standard InChI is InChI=1S/C40H24N6O4/c47-35-23-15-7-9-17-29(23)43-39(49)31(35)33-25-19-26-28(20-27(25)37(45-33)41-21-11-3-1-4-12-21)38(42-22-13-5-2-6-14-22)46-34(26)32-36(48)24-16-8-10-18-30(24)44-40(32)50/h1-20H,(H,41,45)(H,42,46)(H,43,49)(H,44,50). The third-order valence-corrected chi connectivity index (χ3v) is 8.92. The van der Waals surface area contributed by atoms with Gasteiger partial charge in [0.2, 0.25) is 11.6 Å². The van der Waals surface area contributed by atoms with Crippen LogP contribution in [0, 0.1) is 0 Å². The van der Waals surface area contributed by atoms with Crippen molar-refractivity contribution in [2.45, 2.75) is 0 Å². The highest BCUT2D eigenvalue weighted by Gasteiger charge is 2.39. The fourth-order valence-corrected chi connectivity index (χ4v) is 6.59. The van der Waals surface area contributed by atoms with Gasteiger partial charge in [0, 0.05) is 44.8 Å². The number of rotatable bonds is 2. The van der Waals surface area contributed by atoms with E-state index in [0.717, 1.165) is 11.4 Å². The molecule has 0 aromatic heterocycles. The second-order valence-electron chi connectivity index (χ2n) is 12.0. The SMILES string of the molecule is O=C1Nc2ccccc2C(=O)C1=C1N=C(Nc2ccccc2)c2cc3c(cc21)C(=C1C(=O)Nc2ccccc2C1=O)N=C3Nc1ccccc1. The maximum atomic E-state index is 13.9. The van der Waals surface area contributed by atoms with E-state index in [0.29, 0.717) is 56.4 Å². The van der Waals surface area contributed by atoms with E-state index >= 15 is 0 Å². The molecule has 0 saturated carbocycles. The summed E-state index contributed by atoms with van der Waals surface area (Å²) in [4.78, 5) is 64.9. The molecule has 0 fully saturated rings. The Morgan fingerprint density at radius 2 is 0.800 bits per heavy atom. The predicted octanol–water partition coefficient (Wildman–Crippen LogP) is 6.52. The van der Waals surface area contributed by atoms with Gasteiger partial charge >= 0.3 is 0 Å². The quantitative estimate of drug-likeness (QED) is 0.126. The molecule has 0 unspecified atom stereocenters. The first kappa shape index (κ1) is 29.0. The summed E-state index contributed by atoms with van der Waals surface area (Å²) in [5, 5.41) is 12.4. The van der Waals surface area contributed by atoms with Crippen molar-refractivity contribution in [2.24, 2.45) is 9.98 Å². The van der Waals surface area contributed by atoms with Crippen molar-refractivity contribution in [1.82, 2.24) is 0 Å². The van der Waals surface area contributed by atoms with Crippen LogP contribution >= 0.6 is 0 Å². The molecule has 0 saturated heterocycles. The van der Waals surface area contributed by atoms with Gasteiger partial charge in [0.1, 0.15) is 22.8 Å². The third kappa shape index (κ3) is 4.58. The lowest BCUT2D eigenvalue weighted by molar-refractivity contribution is -0.113. The number of para-hydroxylation sites is 4. The summed E-state index contributed by atoms with van der Waals surface area (Å²) < 4.78 is 0. The normalized spacial score (nSPS) is 18.6. The lowest BCUT2D eigenvalue weighted by Gasteiger charge is -2.20. The molecule has 238 valence electrons. The number of nitrogens with zero attached hydrogens (tertiary/aromatic N) is 2. The van der Waals surface area contributed by atoms with Crippen molar-refractivity contribution < 1.29 is 19.2 Å². The van der Waals surface area contributed by atoms with Crippen molar-refractivity contribution in [3.63, 3.8) is 0 Å². The molecule has 0 atom stereocenters. The smallest absolute Gasteiger partial charge is 0.261 e. The second kappa shape index (κ2) is 11.2. The monoisotopic (exact) mass is 652 g/mol. The molecule has 50 heavy (non-hydrogen) atoms. The zero-order chi connectivity index (χ0) is 33.9.